The van der Waals surface area contributed by atoms with Gasteiger partial charge in [-0.1, -0.05) is 6.92 Å². The zero-order valence-electron chi connectivity index (χ0n) is 6.68. The number of Topliss-reactive ketones (excluding diaryl/α,β-unsaturated/α-hetero) is 1. The number of rotatable bonds is 3. The fourth-order valence-electron chi connectivity index (χ4n) is 0.796. The van der Waals surface area contributed by atoms with Crippen LogP contribution in [0.3, 0.4) is 0 Å². The van der Waals surface area contributed by atoms with E-state index >= 15 is 0 Å². The minimum atomic E-state index is 0.219. The van der Waals surface area contributed by atoms with E-state index in [1.54, 1.807) is 0 Å². The van der Waals surface area contributed by atoms with Crippen molar-refractivity contribution in [1.29, 1.82) is 0 Å². The molecule has 11 heavy (non-hydrogen) atoms. The van der Waals surface area contributed by atoms with Gasteiger partial charge in [0, 0.05) is 13.5 Å². The number of nitrogens with one attached hydrogen (secondary N) is 1. The lowest BCUT2D eigenvalue weighted by atomic mass is 10.3. The molecule has 0 bridgehead atoms. The number of hydrogen-bond acceptors (Lipinski definition) is 3. The molecule has 1 rings (SSSR count). The van der Waals surface area contributed by atoms with E-state index in [2.05, 4.69) is 5.32 Å². The number of anilines is 1. The smallest absolute Gasteiger partial charge is 0.172 e. The molecule has 0 aliphatic rings. The first-order valence-electron chi connectivity index (χ1n) is 3.58. The third kappa shape index (κ3) is 1.80. The van der Waals surface area contributed by atoms with E-state index in [4.69, 9.17) is 0 Å². The van der Waals surface area contributed by atoms with Crippen LogP contribution in [-0.4, -0.2) is 12.8 Å². The fraction of sp³-hybridized carbons (Fsp3) is 0.375. The van der Waals surface area contributed by atoms with Crippen LogP contribution in [0.4, 0.5) is 5.00 Å². The van der Waals surface area contributed by atoms with Crippen LogP contribution in [0.5, 0.6) is 0 Å². The van der Waals surface area contributed by atoms with Crippen LogP contribution in [0.15, 0.2) is 12.1 Å². The molecule has 2 nitrogen and oxygen atoms in total. The molecule has 60 valence electrons. The van der Waals surface area contributed by atoms with Crippen molar-refractivity contribution in [2.75, 3.05) is 12.4 Å². The molecule has 0 aromatic carbocycles. The summed E-state index contributed by atoms with van der Waals surface area (Å²) in [5.41, 5.74) is 0. The summed E-state index contributed by atoms with van der Waals surface area (Å²) in [7, 11) is 1.85. The van der Waals surface area contributed by atoms with Crippen molar-refractivity contribution in [2.45, 2.75) is 13.3 Å². The lowest BCUT2D eigenvalue weighted by Crippen LogP contribution is -1.90. The summed E-state index contributed by atoms with van der Waals surface area (Å²) in [5, 5.41) is 4.04. The van der Waals surface area contributed by atoms with Gasteiger partial charge in [0.1, 0.15) is 0 Å². The van der Waals surface area contributed by atoms with Gasteiger partial charge in [0.05, 0.1) is 9.88 Å². The molecular formula is C8H11NOS. The third-order valence-electron chi connectivity index (χ3n) is 1.45. The van der Waals surface area contributed by atoms with E-state index in [1.807, 2.05) is 26.1 Å². The minimum absolute atomic E-state index is 0.219. The van der Waals surface area contributed by atoms with Crippen molar-refractivity contribution in [1.82, 2.24) is 0 Å². The molecule has 0 amide bonds. The summed E-state index contributed by atoms with van der Waals surface area (Å²) < 4.78 is 0. The molecule has 0 saturated heterocycles. The summed E-state index contributed by atoms with van der Waals surface area (Å²) >= 11 is 1.50. The molecule has 3 heteroatoms. The maximum atomic E-state index is 11.1. The van der Waals surface area contributed by atoms with Gasteiger partial charge >= 0.3 is 0 Å². The monoisotopic (exact) mass is 169 g/mol. The predicted octanol–water partition coefficient (Wildman–Crippen LogP) is 2.38. The molecule has 1 aromatic rings. The second kappa shape index (κ2) is 3.53. The van der Waals surface area contributed by atoms with Gasteiger partial charge in [-0.15, -0.1) is 11.3 Å². The number of carbonyl (C=O) groups is 1. The quantitative estimate of drug-likeness (QED) is 0.704. The summed E-state index contributed by atoms with van der Waals surface area (Å²) in [6.07, 6.45) is 0.587. The maximum Gasteiger partial charge on any atom is 0.172 e. The molecule has 0 aliphatic heterocycles. The van der Waals surface area contributed by atoms with Gasteiger partial charge < -0.3 is 5.32 Å². The zero-order valence-corrected chi connectivity index (χ0v) is 7.49. The van der Waals surface area contributed by atoms with E-state index in [0.717, 1.165) is 9.88 Å². The highest BCUT2D eigenvalue weighted by Gasteiger charge is 2.04. The van der Waals surface area contributed by atoms with Crippen molar-refractivity contribution < 1.29 is 4.79 Å². The fourth-order valence-corrected chi connectivity index (χ4v) is 1.67. The molecule has 0 saturated carbocycles. The van der Waals surface area contributed by atoms with Crippen LogP contribution in [0, 0.1) is 0 Å². The van der Waals surface area contributed by atoms with Gasteiger partial charge in [0.2, 0.25) is 0 Å². The molecule has 1 N–H and O–H groups in total. The van der Waals surface area contributed by atoms with Gasteiger partial charge in [-0.05, 0) is 12.1 Å². The Balaban J connectivity index is 2.80. The van der Waals surface area contributed by atoms with Crippen molar-refractivity contribution in [3.05, 3.63) is 17.0 Å². The first-order valence-corrected chi connectivity index (χ1v) is 4.40. The topological polar surface area (TPSA) is 29.1 Å². The highest BCUT2D eigenvalue weighted by molar-refractivity contribution is 7.17. The van der Waals surface area contributed by atoms with E-state index in [0.29, 0.717) is 6.42 Å². The molecule has 0 radical (unpaired) electrons. The van der Waals surface area contributed by atoms with Crippen LogP contribution >= 0.6 is 11.3 Å². The SMILES string of the molecule is CCC(=O)c1ccc(NC)s1. The Bertz CT molecular complexity index is 254. The van der Waals surface area contributed by atoms with E-state index < -0.39 is 0 Å². The van der Waals surface area contributed by atoms with Gasteiger partial charge in [-0.3, -0.25) is 4.79 Å². The summed E-state index contributed by atoms with van der Waals surface area (Å²) in [6.45, 7) is 1.88. The summed E-state index contributed by atoms with van der Waals surface area (Å²) in [4.78, 5) is 12.0. The molecular weight excluding hydrogens is 158 g/mol. The van der Waals surface area contributed by atoms with Gasteiger partial charge in [-0.2, -0.15) is 0 Å². The van der Waals surface area contributed by atoms with E-state index in [1.165, 1.54) is 11.3 Å². The van der Waals surface area contributed by atoms with Crippen molar-refractivity contribution >= 4 is 22.1 Å². The van der Waals surface area contributed by atoms with Crippen LogP contribution in [0.1, 0.15) is 23.0 Å². The normalized spacial score (nSPS) is 9.64. The molecule has 0 spiro atoms. The Kier molecular flexibility index (Phi) is 2.65. The zero-order chi connectivity index (χ0) is 8.27. The summed E-state index contributed by atoms with van der Waals surface area (Å²) in [6, 6.07) is 3.79. The Hall–Kier alpha value is -0.830. The molecule has 1 aromatic heterocycles. The second-order valence-electron chi connectivity index (χ2n) is 2.19. The minimum Gasteiger partial charge on any atom is -0.380 e. The third-order valence-corrected chi connectivity index (χ3v) is 2.59. The Morgan fingerprint density at radius 2 is 2.36 bits per heavy atom. The number of ketones is 1. The van der Waals surface area contributed by atoms with E-state index in [-0.39, 0.29) is 5.78 Å². The largest absolute Gasteiger partial charge is 0.380 e. The average molecular weight is 169 g/mol. The maximum absolute atomic E-state index is 11.1. The van der Waals surface area contributed by atoms with Crippen LogP contribution in [-0.2, 0) is 0 Å². The highest BCUT2D eigenvalue weighted by atomic mass is 32.1. The lowest BCUT2D eigenvalue weighted by Gasteiger charge is -1.90. The van der Waals surface area contributed by atoms with Crippen LogP contribution in [0.25, 0.3) is 0 Å². The number of hydrogen-bond donors (Lipinski definition) is 1. The molecule has 0 aliphatic carbocycles. The molecule has 0 unspecified atom stereocenters. The number of thiophene rings is 1. The molecule has 1 heterocycles. The number of carbonyl (C=O) groups excluding carboxylic acids is 1. The summed E-state index contributed by atoms with van der Waals surface area (Å²) in [5.74, 6) is 0.219. The van der Waals surface area contributed by atoms with Gasteiger partial charge in [0.25, 0.3) is 0 Å². The highest BCUT2D eigenvalue weighted by Crippen LogP contribution is 2.21. The Labute approximate surface area is 70.2 Å². The lowest BCUT2D eigenvalue weighted by molar-refractivity contribution is 0.0992. The predicted molar refractivity (Wildman–Crippen MR) is 48.5 cm³/mol. The van der Waals surface area contributed by atoms with Gasteiger partial charge in [0.15, 0.2) is 5.78 Å². The molecule has 0 atom stereocenters. The Morgan fingerprint density at radius 1 is 1.64 bits per heavy atom. The standard InChI is InChI=1S/C8H11NOS/c1-3-6(10)7-4-5-8(9-2)11-7/h4-5,9H,3H2,1-2H3. The first-order chi connectivity index (χ1) is 5.27. The van der Waals surface area contributed by atoms with Crippen molar-refractivity contribution in [3.8, 4) is 0 Å². The first kappa shape index (κ1) is 8.27. The average Bonchev–Trinajstić information content (AvgIpc) is 2.50. The molecule has 0 fully saturated rings. The Morgan fingerprint density at radius 3 is 2.82 bits per heavy atom. The van der Waals surface area contributed by atoms with Crippen molar-refractivity contribution in [2.24, 2.45) is 0 Å². The van der Waals surface area contributed by atoms with Crippen LogP contribution < -0.4 is 5.32 Å². The second-order valence-corrected chi connectivity index (χ2v) is 3.27. The van der Waals surface area contributed by atoms with Gasteiger partial charge in [-0.25, -0.2) is 0 Å². The van der Waals surface area contributed by atoms with E-state index in [9.17, 15) is 4.79 Å². The van der Waals surface area contributed by atoms with Crippen LogP contribution in [0.2, 0.25) is 0 Å². The van der Waals surface area contributed by atoms with Crippen molar-refractivity contribution in [3.63, 3.8) is 0 Å².